The van der Waals surface area contributed by atoms with Crippen molar-refractivity contribution in [1.29, 1.82) is 0 Å². The van der Waals surface area contributed by atoms with E-state index in [4.69, 9.17) is 0 Å². The van der Waals surface area contributed by atoms with E-state index in [0.717, 1.165) is 0 Å². The summed E-state index contributed by atoms with van der Waals surface area (Å²) in [7, 11) is 0. The average molecular weight is 772 g/mol. The van der Waals surface area contributed by atoms with E-state index >= 15 is 0 Å². The Hall–Kier alpha value is -3.02. The Labute approximate surface area is 244 Å². The molecule has 0 bridgehead atoms. The largest absolute Gasteiger partial charge is 0.430 e. The normalized spacial score (nSPS) is 16.1. The smallest absolute Gasteiger partial charge is 0.397 e. The van der Waals surface area contributed by atoms with Gasteiger partial charge in [-0.25, -0.2) is 0 Å². The minimum absolute atomic E-state index is 4.06. The lowest BCUT2D eigenvalue weighted by Crippen LogP contribution is -2.64. The number of alkyl halides is 24. The van der Waals surface area contributed by atoms with Crippen molar-refractivity contribution in [3.63, 3.8) is 0 Å². The van der Waals surface area contributed by atoms with Crippen LogP contribution >= 0.6 is 0 Å². The molecule has 0 fully saturated rings. The third-order valence-electron chi connectivity index (χ3n) is 6.31. The average Bonchev–Trinajstić information content (AvgIpc) is 2.77. The molecular formula is C18H8F24N2O4. The third kappa shape index (κ3) is 5.54. The molecule has 48 heavy (non-hydrogen) atoms. The van der Waals surface area contributed by atoms with Gasteiger partial charge in [0.1, 0.15) is 0 Å². The number of halogens is 24. The van der Waals surface area contributed by atoms with Crippen molar-refractivity contribution in [3.8, 4) is 0 Å². The van der Waals surface area contributed by atoms with Crippen molar-refractivity contribution in [2.24, 2.45) is 0 Å². The fourth-order valence-electron chi connectivity index (χ4n) is 4.04. The van der Waals surface area contributed by atoms with Crippen molar-refractivity contribution in [3.05, 3.63) is 22.3 Å². The predicted octanol–water partition coefficient (Wildman–Crippen LogP) is 6.10. The summed E-state index contributed by atoms with van der Waals surface area (Å²) in [4.78, 5) is 0. The number of hydrogen-bond acceptors (Lipinski definition) is 6. The molecule has 6 nitrogen and oxygen atoms in total. The molecular weight excluding hydrogens is 764 g/mol. The van der Waals surface area contributed by atoms with E-state index < -0.39 is 105 Å². The number of hydrogen-bond donors (Lipinski definition) is 6. The van der Waals surface area contributed by atoms with E-state index in [-0.39, 0.29) is 0 Å². The minimum Gasteiger partial charge on any atom is -0.397 e. The first-order chi connectivity index (χ1) is 20.3. The van der Waals surface area contributed by atoms with Crippen LogP contribution in [0.1, 0.15) is 22.3 Å². The zero-order valence-electron chi connectivity index (χ0n) is 21.0. The molecule has 0 saturated carbocycles. The van der Waals surface area contributed by atoms with Gasteiger partial charge in [0.05, 0.1) is 11.4 Å². The maximum absolute atomic E-state index is 13.9. The van der Waals surface area contributed by atoms with E-state index in [1.165, 1.54) is 0 Å². The van der Waals surface area contributed by atoms with Crippen LogP contribution in [0, 0.1) is 0 Å². The fraction of sp³-hybridized carbons (Fsp3) is 0.667. The lowest BCUT2D eigenvalue weighted by Gasteiger charge is -2.46. The SMILES string of the molecule is Nc1c(N)c(C(O)(C(F)(F)F)C(F)(F)F)c(C(O)(C(F)(F)F)C(F)(F)F)c(C(O)(C(F)(F)F)C(F)(F)F)c1C(O)(C(F)(F)F)C(F)(F)F. The number of nitrogen functional groups attached to an aromatic ring is 2. The topological polar surface area (TPSA) is 133 Å². The molecule has 0 spiro atoms. The highest BCUT2D eigenvalue weighted by molar-refractivity contribution is 5.80. The van der Waals surface area contributed by atoms with Crippen molar-refractivity contribution in [1.82, 2.24) is 0 Å². The summed E-state index contributed by atoms with van der Waals surface area (Å²) >= 11 is 0. The van der Waals surface area contributed by atoms with Crippen LogP contribution in [-0.2, 0) is 22.4 Å². The molecule has 0 heterocycles. The Kier molecular flexibility index (Phi) is 9.62. The van der Waals surface area contributed by atoms with Crippen LogP contribution in [0.2, 0.25) is 0 Å². The molecule has 1 rings (SSSR count). The molecule has 0 aliphatic rings. The van der Waals surface area contributed by atoms with E-state index in [2.05, 4.69) is 11.5 Å². The van der Waals surface area contributed by atoms with Gasteiger partial charge in [-0.1, -0.05) is 0 Å². The molecule has 0 aromatic heterocycles. The van der Waals surface area contributed by atoms with E-state index in [0.29, 0.717) is 0 Å². The summed E-state index contributed by atoms with van der Waals surface area (Å²) in [6, 6.07) is 0. The molecule has 1 aromatic carbocycles. The summed E-state index contributed by atoms with van der Waals surface area (Å²) in [5, 5.41) is 38.4. The van der Waals surface area contributed by atoms with Crippen molar-refractivity contribution in [2.75, 3.05) is 11.5 Å². The van der Waals surface area contributed by atoms with Gasteiger partial charge in [-0.05, 0) is 0 Å². The Morgan fingerprint density at radius 2 is 0.354 bits per heavy atom. The van der Waals surface area contributed by atoms with Gasteiger partial charge in [-0.3, -0.25) is 0 Å². The minimum atomic E-state index is -8.53. The van der Waals surface area contributed by atoms with Crippen LogP contribution < -0.4 is 11.5 Å². The quantitative estimate of drug-likeness (QED) is 0.162. The van der Waals surface area contributed by atoms with Gasteiger partial charge in [-0.15, -0.1) is 0 Å². The molecule has 8 N–H and O–H groups in total. The van der Waals surface area contributed by atoms with Crippen molar-refractivity contribution < 1.29 is 126 Å². The van der Waals surface area contributed by atoms with Crippen LogP contribution in [0.5, 0.6) is 0 Å². The molecule has 0 saturated heterocycles. The van der Waals surface area contributed by atoms with Gasteiger partial charge in [0.2, 0.25) is 0 Å². The molecule has 30 heteroatoms. The standard InChI is InChI=1S/C18H8F24N2O4/c19-11(20,21)7(45,12(22,23)24)1-2(8(46,13(25,26)27)14(28,29)30)4(10(48,17(37,38)39)18(40,41)42)6(44)5(43)3(1)9(47,15(31,32)33)16(34,35)36/h45-48H,43-44H2. The highest BCUT2D eigenvalue weighted by atomic mass is 19.4. The Balaban J connectivity index is 5.80. The van der Waals surface area contributed by atoms with Gasteiger partial charge in [0.15, 0.2) is 0 Å². The first-order valence-electron chi connectivity index (χ1n) is 10.5. The molecule has 0 unspecified atom stereocenters. The molecule has 0 aliphatic carbocycles. The zero-order chi connectivity index (χ0) is 39.5. The Morgan fingerprint density at radius 1 is 0.250 bits per heavy atom. The maximum atomic E-state index is 13.9. The lowest BCUT2D eigenvalue weighted by molar-refractivity contribution is -0.397. The highest BCUT2D eigenvalue weighted by Crippen LogP contribution is 2.67. The van der Waals surface area contributed by atoms with Gasteiger partial charge >= 0.3 is 49.4 Å². The molecule has 282 valence electrons. The van der Waals surface area contributed by atoms with Gasteiger partial charge < -0.3 is 31.9 Å². The molecule has 0 amide bonds. The van der Waals surface area contributed by atoms with Crippen LogP contribution in [0.4, 0.5) is 117 Å². The first kappa shape index (κ1) is 43.0. The van der Waals surface area contributed by atoms with E-state index in [1.807, 2.05) is 0 Å². The van der Waals surface area contributed by atoms with Crippen molar-refractivity contribution in [2.45, 2.75) is 71.8 Å². The van der Waals surface area contributed by atoms with Crippen molar-refractivity contribution >= 4 is 11.4 Å². The zero-order valence-corrected chi connectivity index (χ0v) is 21.0. The number of rotatable bonds is 4. The highest BCUT2D eigenvalue weighted by Gasteiger charge is 2.84. The molecule has 0 atom stereocenters. The lowest BCUT2D eigenvalue weighted by atomic mass is 9.67. The third-order valence-corrected chi connectivity index (χ3v) is 6.31. The van der Waals surface area contributed by atoms with Gasteiger partial charge in [0.25, 0.3) is 22.4 Å². The van der Waals surface area contributed by atoms with Crippen LogP contribution in [0.15, 0.2) is 0 Å². The van der Waals surface area contributed by atoms with Gasteiger partial charge in [-0.2, -0.15) is 105 Å². The molecule has 1 aromatic rings. The second-order valence-corrected chi connectivity index (χ2v) is 9.15. The first-order valence-corrected chi connectivity index (χ1v) is 10.5. The second-order valence-electron chi connectivity index (χ2n) is 9.15. The fourth-order valence-corrected chi connectivity index (χ4v) is 4.04. The summed E-state index contributed by atoms with van der Waals surface area (Å²) in [5.74, 6) is 0. The number of anilines is 2. The predicted molar refractivity (Wildman–Crippen MR) is 99.3 cm³/mol. The number of aliphatic hydroxyl groups is 4. The maximum Gasteiger partial charge on any atom is 0.430 e. The summed E-state index contributed by atoms with van der Waals surface area (Å²) in [5.41, 5.74) is -54.2. The van der Waals surface area contributed by atoms with E-state index in [9.17, 15) is 126 Å². The Morgan fingerprint density at radius 3 is 0.458 bits per heavy atom. The molecule has 0 aliphatic heterocycles. The molecule has 0 radical (unpaired) electrons. The van der Waals surface area contributed by atoms with Crippen LogP contribution in [-0.4, -0.2) is 69.8 Å². The summed E-state index contributed by atoms with van der Waals surface area (Å²) in [6.07, 6.45) is -66.9. The number of benzene rings is 1. The Bertz CT molecular complexity index is 1230. The van der Waals surface area contributed by atoms with E-state index in [1.54, 1.807) is 0 Å². The van der Waals surface area contributed by atoms with Crippen LogP contribution in [0.3, 0.4) is 0 Å². The van der Waals surface area contributed by atoms with Gasteiger partial charge in [0, 0.05) is 22.3 Å². The second kappa shape index (κ2) is 10.7. The monoisotopic (exact) mass is 772 g/mol. The number of nitrogens with two attached hydrogens (primary N) is 2. The van der Waals surface area contributed by atoms with Crippen LogP contribution in [0.25, 0.3) is 0 Å². The summed E-state index contributed by atoms with van der Waals surface area (Å²) in [6.45, 7) is 0. The summed E-state index contributed by atoms with van der Waals surface area (Å²) < 4.78 is 332.